The number of anilines is 1. The Balaban J connectivity index is 1.59. The molecule has 1 saturated heterocycles. The number of ether oxygens (including phenoxy) is 2. The number of para-hydroxylation sites is 1. The molecule has 2 saturated carbocycles. The molecular formula is C32H44IN5O9S. The van der Waals surface area contributed by atoms with Crippen LogP contribution in [0.2, 0.25) is 0 Å². The summed E-state index contributed by atoms with van der Waals surface area (Å²) < 4.78 is 39.1. The molecule has 2 aliphatic carbocycles. The number of carbonyl (C=O) groups excluding carboxylic acids is 5. The topological polar surface area (TPSA) is 189 Å². The van der Waals surface area contributed by atoms with Crippen LogP contribution in [0.1, 0.15) is 67.2 Å². The van der Waals surface area contributed by atoms with Gasteiger partial charge in [0, 0.05) is 15.9 Å². The molecule has 0 spiro atoms. The minimum Gasteiger partial charge on any atom is -0.444 e. The van der Waals surface area contributed by atoms with Gasteiger partial charge in [-0.15, -0.1) is 6.58 Å². The zero-order valence-electron chi connectivity index (χ0n) is 27.9. The van der Waals surface area contributed by atoms with Crippen LogP contribution in [0.15, 0.2) is 36.9 Å². The highest BCUT2D eigenvalue weighted by molar-refractivity contribution is 14.1. The van der Waals surface area contributed by atoms with Gasteiger partial charge in [0.05, 0.1) is 17.5 Å². The highest BCUT2D eigenvalue weighted by atomic mass is 127. The van der Waals surface area contributed by atoms with Crippen LogP contribution in [0.25, 0.3) is 0 Å². The van der Waals surface area contributed by atoms with Gasteiger partial charge in [0.1, 0.15) is 29.3 Å². The maximum absolute atomic E-state index is 14.2. The normalized spacial score (nSPS) is 24.5. The van der Waals surface area contributed by atoms with Crippen LogP contribution in [-0.4, -0.2) is 84.3 Å². The van der Waals surface area contributed by atoms with Crippen molar-refractivity contribution in [2.75, 3.05) is 11.9 Å². The molecule has 1 aliphatic heterocycles. The number of hydrogen-bond acceptors (Lipinski definition) is 9. The van der Waals surface area contributed by atoms with E-state index in [1.54, 1.807) is 59.7 Å². The molecule has 4 N–H and O–H groups in total. The van der Waals surface area contributed by atoms with E-state index < -0.39 is 85.8 Å². The number of amides is 5. The average molecular weight is 802 g/mol. The van der Waals surface area contributed by atoms with Crippen molar-refractivity contribution >= 4 is 68.2 Å². The fraction of sp³-hybridized carbons (Fsp3) is 0.594. The molecule has 0 aromatic heterocycles. The van der Waals surface area contributed by atoms with Gasteiger partial charge in [0.2, 0.25) is 21.8 Å². The number of nitrogens with one attached hydrogen (secondary N) is 4. The zero-order valence-corrected chi connectivity index (χ0v) is 30.9. The summed E-state index contributed by atoms with van der Waals surface area (Å²) in [5, 5.41) is 7.34. The summed E-state index contributed by atoms with van der Waals surface area (Å²) in [6, 6.07) is 4.64. The molecule has 16 heteroatoms. The van der Waals surface area contributed by atoms with Crippen molar-refractivity contribution in [3.63, 3.8) is 0 Å². The van der Waals surface area contributed by atoms with Crippen molar-refractivity contribution in [3.8, 4) is 0 Å². The standard InChI is InChI=1S/C32H44IN5O9S/c1-8-18-16-32(18,27(41)37-48(44,45)20-13-14-20)36-25(39)23-15-19(46-28(42)34-22-12-10-9-11-21(22)33)17-38(23)26(40)24(30(2,3)4)35-29(43)47-31(5,6)7/h8-12,18-20,23-24H,1,13-17H2,2-7H3,(H,34,42)(H,35,43)(H,36,39)(H,37,41)/t18?,19-,23+,24-,32?/m1/s1. The third kappa shape index (κ3) is 8.98. The number of nitrogens with zero attached hydrogens (tertiary/aromatic N) is 1. The van der Waals surface area contributed by atoms with Gasteiger partial charge in [0.15, 0.2) is 0 Å². The van der Waals surface area contributed by atoms with Gasteiger partial charge in [-0.05, 0) is 80.2 Å². The smallest absolute Gasteiger partial charge is 0.411 e. The van der Waals surface area contributed by atoms with E-state index in [0.717, 1.165) is 3.57 Å². The number of hydrogen-bond donors (Lipinski definition) is 4. The molecule has 3 fully saturated rings. The van der Waals surface area contributed by atoms with Crippen LogP contribution in [0, 0.1) is 14.9 Å². The predicted molar refractivity (Wildman–Crippen MR) is 185 cm³/mol. The molecule has 4 rings (SSSR count). The van der Waals surface area contributed by atoms with Gasteiger partial charge in [-0.3, -0.25) is 24.4 Å². The summed E-state index contributed by atoms with van der Waals surface area (Å²) in [5.74, 6) is -2.82. The number of carbonyl (C=O) groups is 5. The number of sulfonamides is 1. The Labute approximate surface area is 294 Å². The summed E-state index contributed by atoms with van der Waals surface area (Å²) in [6.07, 6.45) is -0.250. The molecule has 48 heavy (non-hydrogen) atoms. The van der Waals surface area contributed by atoms with Crippen LogP contribution in [0.4, 0.5) is 15.3 Å². The minimum atomic E-state index is -3.91. The minimum absolute atomic E-state index is 0.109. The number of halogens is 1. The van der Waals surface area contributed by atoms with Crippen molar-refractivity contribution in [3.05, 3.63) is 40.5 Å². The second kappa shape index (κ2) is 13.8. The summed E-state index contributed by atoms with van der Waals surface area (Å²) in [6.45, 7) is 13.8. The third-order valence-electron chi connectivity index (χ3n) is 8.26. The van der Waals surface area contributed by atoms with E-state index in [4.69, 9.17) is 9.47 Å². The number of alkyl carbamates (subject to hydrolysis) is 1. The van der Waals surface area contributed by atoms with E-state index in [1.165, 1.54) is 11.0 Å². The highest BCUT2D eigenvalue weighted by Gasteiger charge is 2.62. The first-order valence-electron chi connectivity index (χ1n) is 15.7. The second-order valence-corrected chi connectivity index (χ2v) is 17.6. The maximum atomic E-state index is 14.2. The van der Waals surface area contributed by atoms with Gasteiger partial charge in [-0.25, -0.2) is 18.0 Å². The Bertz CT molecular complexity index is 1580. The lowest BCUT2D eigenvalue weighted by Crippen LogP contribution is -2.60. The molecule has 2 unspecified atom stereocenters. The fourth-order valence-electron chi connectivity index (χ4n) is 5.49. The van der Waals surface area contributed by atoms with E-state index in [9.17, 15) is 32.4 Å². The number of likely N-dealkylation sites (tertiary alicyclic amines) is 1. The van der Waals surface area contributed by atoms with Crippen LogP contribution < -0.4 is 20.7 Å². The first kappa shape index (κ1) is 37.4. The monoisotopic (exact) mass is 801 g/mol. The SMILES string of the molecule is C=CC1CC1(NC(=O)[C@@H]1C[C@@H](OC(=O)Nc2ccccc2I)CN1C(=O)[C@@H](NC(=O)OC(C)(C)C)C(C)(C)C)C(=O)NS(=O)(=O)C1CC1. The van der Waals surface area contributed by atoms with Crippen molar-refractivity contribution in [1.29, 1.82) is 0 Å². The lowest BCUT2D eigenvalue weighted by atomic mass is 9.85. The van der Waals surface area contributed by atoms with E-state index in [1.807, 2.05) is 6.07 Å². The second-order valence-electron chi connectivity index (χ2n) is 14.5. The van der Waals surface area contributed by atoms with Gasteiger partial charge in [0.25, 0.3) is 5.91 Å². The summed E-state index contributed by atoms with van der Waals surface area (Å²) in [7, 11) is -3.91. The quantitative estimate of drug-likeness (QED) is 0.203. The Morgan fingerprint density at radius 3 is 2.25 bits per heavy atom. The lowest BCUT2D eigenvalue weighted by Gasteiger charge is -2.36. The molecule has 1 aromatic carbocycles. The van der Waals surface area contributed by atoms with Gasteiger partial charge < -0.3 is 25.0 Å². The van der Waals surface area contributed by atoms with E-state index in [2.05, 4.69) is 49.8 Å². The van der Waals surface area contributed by atoms with E-state index >= 15 is 0 Å². The Morgan fingerprint density at radius 2 is 1.71 bits per heavy atom. The number of rotatable bonds is 10. The Hall–Kier alpha value is -3.41. The van der Waals surface area contributed by atoms with Crippen LogP contribution >= 0.6 is 22.6 Å². The molecule has 3 aliphatic rings. The Kier molecular flexibility index (Phi) is 10.8. The molecule has 0 bridgehead atoms. The largest absolute Gasteiger partial charge is 0.444 e. The fourth-order valence-corrected chi connectivity index (χ4v) is 7.37. The molecule has 0 radical (unpaired) electrons. The first-order valence-corrected chi connectivity index (χ1v) is 18.3. The molecule has 1 aromatic rings. The summed E-state index contributed by atoms with van der Waals surface area (Å²) in [4.78, 5) is 68.5. The van der Waals surface area contributed by atoms with Crippen LogP contribution in [0.3, 0.4) is 0 Å². The summed E-state index contributed by atoms with van der Waals surface area (Å²) in [5.41, 5.74) is -2.77. The van der Waals surface area contributed by atoms with Gasteiger partial charge >= 0.3 is 12.2 Å². The molecule has 5 amide bonds. The highest BCUT2D eigenvalue weighted by Crippen LogP contribution is 2.45. The van der Waals surface area contributed by atoms with Crippen LogP contribution in [-0.2, 0) is 33.9 Å². The molecule has 264 valence electrons. The summed E-state index contributed by atoms with van der Waals surface area (Å²) >= 11 is 2.06. The average Bonchev–Trinajstić information content (AvgIpc) is 3.88. The maximum Gasteiger partial charge on any atom is 0.411 e. The number of benzene rings is 1. The molecular weight excluding hydrogens is 757 g/mol. The van der Waals surface area contributed by atoms with E-state index in [-0.39, 0.29) is 19.4 Å². The van der Waals surface area contributed by atoms with Crippen molar-refractivity contribution < 1.29 is 41.9 Å². The van der Waals surface area contributed by atoms with E-state index in [0.29, 0.717) is 18.5 Å². The van der Waals surface area contributed by atoms with Crippen molar-refractivity contribution in [2.24, 2.45) is 11.3 Å². The lowest BCUT2D eigenvalue weighted by molar-refractivity contribution is -0.143. The molecule has 1 heterocycles. The van der Waals surface area contributed by atoms with Gasteiger partial charge in [-0.1, -0.05) is 39.0 Å². The Morgan fingerprint density at radius 1 is 1.06 bits per heavy atom. The van der Waals surface area contributed by atoms with Crippen LogP contribution in [0.5, 0.6) is 0 Å². The molecule has 5 atom stereocenters. The zero-order chi connectivity index (χ0) is 35.8. The van der Waals surface area contributed by atoms with Gasteiger partial charge in [-0.2, -0.15) is 0 Å². The predicted octanol–water partition coefficient (Wildman–Crippen LogP) is 3.42. The molecule has 14 nitrogen and oxygen atoms in total. The third-order valence-corrected chi connectivity index (χ3v) is 11.0. The first-order chi connectivity index (χ1) is 22.2. The van der Waals surface area contributed by atoms with Crippen molar-refractivity contribution in [2.45, 2.75) is 102 Å². The van der Waals surface area contributed by atoms with Crippen molar-refractivity contribution in [1.82, 2.24) is 20.3 Å².